The number of rotatable bonds is 8. The van der Waals surface area contributed by atoms with Gasteiger partial charge in [-0.3, -0.25) is 4.79 Å². The number of carbonyl (C=O) groups excluding carboxylic acids is 1. The van der Waals surface area contributed by atoms with Gasteiger partial charge in [0.05, 0.1) is 13.2 Å². The number of benzene rings is 1. The molecule has 1 aromatic rings. The van der Waals surface area contributed by atoms with Gasteiger partial charge in [0.15, 0.2) is 5.78 Å². The molecule has 0 aliphatic heterocycles. The van der Waals surface area contributed by atoms with Gasteiger partial charge in [0.1, 0.15) is 6.61 Å². The van der Waals surface area contributed by atoms with Crippen LogP contribution in [0.25, 0.3) is 0 Å². The Morgan fingerprint density at radius 2 is 1.83 bits per heavy atom. The first kappa shape index (κ1) is 14.9. The second-order valence-electron chi connectivity index (χ2n) is 4.76. The molecule has 0 bridgehead atoms. The Morgan fingerprint density at radius 1 is 1.17 bits per heavy atom. The van der Waals surface area contributed by atoms with Crippen LogP contribution in [0, 0.1) is 12.8 Å². The Bertz CT molecular complexity index is 372. The van der Waals surface area contributed by atoms with Gasteiger partial charge in [0.2, 0.25) is 0 Å². The third kappa shape index (κ3) is 5.43. The molecule has 0 saturated heterocycles. The molecule has 0 N–H and O–H groups in total. The lowest BCUT2D eigenvalue weighted by Crippen LogP contribution is -2.14. The molecule has 0 saturated carbocycles. The molecule has 0 atom stereocenters. The van der Waals surface area contributed by atoms with Crippen LogP contribution in [-0.4, -0.2) is 32.2 Å². The Kier molecular flexibility index (Phi) is 6.61. The van der Waals surface area contributed by atoms with Gasteiger partial charge in [0.25, 0.3) is 0 Å². The highest BCUT2D eigenvalue weighted by molar-refractivity contribution is 5.98. The van der Waals surface area contributed by atoms with Gasteiger partial charge < -0.3 is 9.47 Å². The highest BCUT2D eigenvalue weighted by atomic mass is 16.5. The standard InChI is InChI=1S/C15H22O3/c1-12(2)10-17-8-9-18-11-15(16)14-7-5-4-6-13(14)3/h4-7,12H,8-11H2,1-3H3. The van der Waals surface area contributed by atoms with E-state index in [2.05, 4.69) is 13.8 Å². The molecule has 1 aromatic carbocycles. The summed E-state index contributed by atoms with van der Waals surface area (Å²) in [6.07, 6.45) is 0. The van der Waals surface area contributed by atoms with Crippen molar-refractivity contribution in [1.82, 2.24) is 0 Å². The zero-order chi connectivity index (χ0) is 13.4. The molecular weight excluding hydrogens is 228 g/mol. The largest absolute Gasteiger partial charge is 0.379 e. The van der Waals surface area contributed by atoms with Crippen LogP contribution < -0.4 is 0 Å². The number of hydrogen-bond donors (Lipinski definition) is 0. The van der Waals surface area contributed by atoms with E-state index < -0.39 is 0 Å². The van der Waals surface area contributed by atoms with Crippen molar-refractivity contribution in [2.75, 3.05) is 26.4 Å². The molecule has 18 heavy (non-hydrogen) atoms. The van der Waals surface area contributed by atoms with E-state index in [0.29, 0.717) is 19.1 Å². The molecule has 0 unspecified atom stereocenters. The summed E-state index contributed by atoms with van der Waals surface area (Å²) in [5.41, 5.74) is 1.72. The van der Waals surface area contributed by atoms with Crippen LogP contribution in [0.2, 0.25) is 0 Å². The van der Waals surface area contributed by atoms with E-state index in [-0.39, 0.29) is 12.4 Å². The fourth-order valence-corrected chi connectivity index (χ4v) is 1.57. The molecular formula is C15H22O3. The van der Waals surface area contributed by atoms with Crippen molar-refractivity contribution >= 4 is 5.78 Å². The highest BCUT2D eigenvalue weighted by Crippen LogP contribution is 2.07. The molecule has 0 fully saturated rings. The third-order valence-corrected chi connectivity index (χ3v) is 2.50. The summed E-state index contributed by atoms with van der Waals surface area (Å²) in [7, 11) is 0. The van der Waals surface area contributed by atoms with Gasteiger partial charge >= 0.3 is 0 Å². The van der Waals surface area contributed by atoms with Crippen LogP contribution in [0.15, 0.2) is 24.3 Å². The highest BCUT2D eigenvalue weighted by Gasteiger charge is 2.07. The molecule has 3 heteroatoms. The quantitative estimate of drug-likeness (QED) is 0.525. The summed E-state index contributed by atoms with van der Waals surface area (Å²) in [5.74, 6) is 0.551. The zero-order valence-electron chi connectivity index (χ0n) is 11.4. The average Bonchev–Trinajstić information content (AvgIpc) is 2.33. The van der Waals surface area contributed by atoms with Crippen molar-refractivity contribution in [2.24, 2.45) is 5.92 Å². The summed E-state index contributed by atoms with van der Waals surface area (Å²) in [6, 6.07) is 7.55. The number of ketones is 1. The maximum Gasteiger partial charge on any atom is 0.188 e. The van der Waals surface area contributed by atoms with Crippen LogP contribution in [0.3, 0.4) is 0 Å². The molecule has 1 rings (SSSR count). The smallest absolute Gasteiger partial charge is 0.188 e. The van der Waals surface area contributed by atoms with Crippen molar-refractivity contribution in [1.29, 1.82) is 0 Å². The molecule has 0 aliphatic carbocycles. The minimum absolute atomic E-state index is 0.0250. The minimum atomic E-state index is 0.0250. The second-order valence-corrected chi connectivity index (χ2v) is 4.76. The van der Waals surface area contributed by atoms with Gasteiger partial charge in [-0.25, -0.2) is 0 Å². The third-order valence-electron chi connectivity index (χ3n) is 2.50. The van der Waals surface area contributed by atoms with Crippen LogP contribution in [0.4, 0.5) is 0 Å². The number of aryl methyl sites for hydroxylation is 1. The lowest BCUT2D eigenvalue weighted by molar-refractivity contribution is 0.0363. The second kappa shape index (κ2) is 8.01. The first-order valence-electron chi connectivity index (χ1n) is 6.35. The van der Waals surface area contributed by atoms with Gasteiger partial charge in [-0.15, -0.1) is 0 Å². The maximum absolute atomic E-state index is 11.8. The van der Waals surface area contributed by atoms with Crippen LogP contribution >= 0.6 is 0 Å². The van der Waals surface area contributed by atoms with E-state index in [1.165, 1.54) is 0 Å². The van der Waals surface area contributed by atoms with Crippen molar-refractivity contribution in [3.63, 3.8) is 0 Å². The summed E-state index contributed by atoms with van der Waals surface area (Å²) in [5, 5.41) is 0. The Morgan fingerprint density at radius 3 is 2.50 bits per heavy atom. The van der Waals surface area contributed by atoms with Crippen molar-refractivity contribution in [2.45, 2.75) is 20.8 Å². The zero-order valence-corrected chi connectivity index (χ0v) is 11.4. The minimum Gasteiger partial charge on any atom is -0.379 e. The monoisotopic (exact) mass is 250 g/mol. The van der Waals surface area contributed by atoms with Crippen LogP contribution in [-0.2, 0) is 9.47 Å². The normalized spacial score (nSPS) is 10.9. The number of ether oxygens (including phenoxy) is 2. The number of hydrogen-bond acceptors (Lipinski definition) is 3. The van der Waals surface area contributed by atoms with E-state index in [4.69, 9.17) is 9.47 Å². The van der Waals surface area contributed by atoms with Crippen LogP contribution in [0.5, 0.6) is 0 Å². The van der Waals surface area contributed by atoms with E-state index in [9.17, 15) is 4.79 Å². The van der Waals surface area contributed by atoms with E-state index in [1.807, 2.05) is 31.2 Å². The first-order valence-corrected chi connectivity index (χ1v) is 6.35. The Balaban J connectivity index is 2.20. The Labute approximate surface area is 109 Å². The van der Waals surface area contributed by atoms with E-state index >= 15 is 0 Å². The molecule has 0 aliphatic rings. The topological polar surface area (TPSA) is 35.5 Å². The van der Waals surface area contributed by atoms with Crippen molar-refractivity contribution in [3.8, 4) is 0 Å². The van der Waals surface area contributed by atoms with Crippen molar-refractivity contribution in [3.05, 3.63) is 35.4 Å². The molecule has 100 valence electrons. The lowest BCUT2D eigenvalue weighted by atomic mass is 10.1. The Hall–Kier alpha value is -1.19. The molecule has 0 aromatic heterocycles. The number of Topliss-reactive ketones (excluding diaryl/α,β-unsaturated/α-hetero) is 1. The van der Waals surface area contributed by atoms with Gasteiger partial charge in [-0.2, -0.15) is 0 Å². The molecule has 0 heterocycles. The number of carbonyl (C=O) groups is 1. The predicted octanol–water partition coefficient (Wildman–Crippen LogP) is 2.87. The SMILES string of the molecule is Cc1ccccc1C(=O)COCCOCC(C)C. The predicted molar refractivity (Wildman–Crippen MR) is 72.0 cm³/mol. The fraction of sp³-hybridized carbons (Fsp3) is 0.533. The van der Waals surface area contributed by atoms with Crippen LogP contribution in [0.1, 0.15) is 29.8 Å². The van der Waals surface area contributed by atoms with E-state index in [0.717, 1.165) is 17.7 Å². The van der Waals surface area contributed by atoms with Gasteiger partial charge in [0, 0.05) is 12.2 Å². The molecule has 3 nitrogen and oxygen atoms in total. The molecule has 0 amide bonds. The fourth-order valence-electron chi connectivity index (χ4n) is 1.57. The molecule has 0 spiro atoms. The summed E-state index contributed by atoms with van der Waals surface area (Å²) < 4.78 is 10.7. The molecule has 0 radical (unpaired) electrons. The van der Waals surface area contributed by atoms with Gasteiger partial charge in [-0.05, 0) is 18.4 Å². The average molecular weight is 250 g/mol. The summed E-state index contributed by atoms with van der Waals surface area (Å²) >= 11 is 0. The van der Waals surface area contributed by atoms with Crippen molar-refractivity contribution < 1.29 is 14.3 Å². The summed E-state index contributed by atoms with van der Waals surface area (Å²) in [6.45, 7) is 7.98. The van der Waals surface area contributed by atoms with E-state index in [1.54, 1.807) is 0 Å². The summed E-state index contributed by atoms with van der Waals surface area (Å²) in [4.78, 5) is 11.8. The maximum atomic E-state index is 11.8. The lowest BCUT2D eigenvalue weighted by Gasteiger charge is -2.08. The van der Waals surface area contributed by atoms with Gasteiger partial charge in [-0.1, -0.05) is 38.1 Å². The first-order chi connectivity index (χ1) is 8.61.